The maximum absolute atomic E-state index is 12.1. The van der Waals surface area contributed by atoms with Crippen LogP contribution in [0.25, 0.3) is 0 Å². The molecule has 2 rings (SSSR count). The van der Waals surface area contributed by atoms with E-state index in [0.717, 1.165) is 12.8 Å². The average Bonchev–Trinajstić information content (AvgIpc) is 2.52. The van der Waals surface area contributed by atoms with Crippen molar-refractivity contribution in [1.29, 1.82) is 0 Å². The largest absolute Gasteiger partial charge is 0.296 e. The molecule has 0 spiro atoms. The first-order chi connectivity index (χ1) is 9.04. The summed E-state index contributed by atoms with van der Waals surface area (Å²) in [5.74, 6) is 0.297. The second kappa shape index (κ2) is 4.83. The van der Waals surface area contributed by atoms with Crippen LogP contribution in [0.4, 0.5) is 0 Å². The minimum atomic E-state index is -0.130. The van der Waals surface area contributed by atoms with E-state index in [1.54, 1.807) is 0 Å². The molecule has 0 saturated carbocycles. The smallest absolute Gasteiger partial charge is 0.232 e. The predicted molar refractivity (Wildman–Crippen MR) is 79.1 cm³/mol. The van der Waals surface area contributed by atoms with Crippen molar-refractivity contribution in [2.75, 3.05) is 13.6 Å². The highest BCUT2D eigenvalue weighted by Gasteiger charge is 2.45. The van der Waals surface area contributed by atoms with E-state index < -0.39 is 0 Å². The van der Waals surface area contributed by atoms with Gasteiger partial charge in [-0.3, -0.25) is 19.4 Å². The summed E-state index contributed by atoms with van der Waals surface area (Å²) in [5.41, 5.74) is 0.202. The zero-order valence-corrected chi connectivity index (χ0v) is 13.7. The molecule has 0 radical (unpaired) electrons. The first-order valence-electron chi connectivity index (χ1n) is 7.63. The molecule has 4 heteroatoms. The van der Waals surface area contributed by atoms with E-state index in [-0.39, 0.29) is 28.8 Å². The van der Waals surface area contributed by atoms with Crippen molar-refractivity contribution in [3.63, 3.8) is 0 Å². The van der Waals surface area contributed by atoms with Gasteiger partial charge in [-0.1, -0.05) is 6.92 Å². The van der Waals surface area contributed by atoms with Crippen LogP contribution in [0.5, 0.6) is 0 Å². The molecule has 2 aliphatic heterocycles. The number of hydrogen-bond acceptors (Lipinski definition) is 3. The quantitative estimate of drug-likeness (QED) is 0.729. The molecule has 0 aliphatic carbocycles. The highest BCUT2D eigenvalue weighted by Crippen LogP contribution is 2.40. The van der Waals surface area contributed by atoms with Gasteiger partial charge >= 0.3 is 0 Å². The number of piperidine rings is 1. The van der Waals surface area contributed by atoms with Gasteiger partial charge in [0.2, 0.25) is 11.8 Å². The van der Waals surface area contributed by atoms with Crippen molar-refractivity contribution in [3.8, 4) is 0 Å². The molecule has 114 valence electrons. The summed E-state index contributed by atoms with van der Waals surface area (Å²) < 4.78 is 0. The molecule has 2 heterocycles. The van der Waals surface area contributed by atoms with Crippen LogP contribution < -0.4 is 0 Å². The fourth-order valence-electron chi connectivity index (χ4n) is 4.01. The molecule has 2 saturated heterocycles. The van der Waals surface area contributed by atoms with Gasteiger partial charge in [0.1, 0.15) is 0 Å². The molecule has 0 bridgehead atoms. The minimum Gasteiger partial charge on any atom is -0.296 e. The Balaban J connectivity index is 2.11. The third-order valence-electron chi connectivity index (χ3n) is 5.30. The van der Waals surface area contributed by atoms with Crippen LogP contribution in [0.15, 0.2) is 0 Å². The van der Waals surface area contributed by atoms with Crippen LogP contribution >= 0.6 is 0 Å². The van der Waals surface area contributed by atoms with Crippen LogP contribution in [-0.4, -0.2) is 46.3 Å². The van der Waals surface area contributed by atoms with Gasteiger partial charge in [-0.2, -0.15) is 0 Å². The monoisotopic (exact) mass is 280 g/mol. The molecule has 1 atom stereocenters. The van der Waals surface area contributed by atoms with Crippen LogP contribution in [0.3, 0.4) is 0 Å². The topological polar surface area (TPSA) is 40.6 Å². The Morgan fingerprint density at radius 2 is 1.60 bits per heavy atom. The van der Waals surface area contributed by atoms with E-state index in [9.17, 15) is 9.59 Å². The van der Waals surface area contributed by atoms with Crippen LogP contribution in [0.1, 0.15) is 53.9 Å². The maximum Gasteiger partial charge on any atom is 0.232 e. The SMILES string of the molecule is CC1CC(=O)N(CC2CC(C)(C)N(C)C(C)(C)C2)C1=O. The number of imide groups is 1. The first kappa shape index (κ1) is 15.5. The van der Waals surface area contributed by atoms with Gasteiger partial charge in [0, 0.05) is 30.0 Å². The van der Waals surface area contributed by atoms with Gasteiger partial charge < -0.3 is 0 Å². The maximum atomic E-state index is 12.1. The van der Waals surface area contributed by atoms with Gasteiger partial charge in [-0.25, -0.2) is 0 Å². The lowest BCUT2D eigenvalue weighted by molar-refractivity contribution is -0.141. The third kappa shape index (κ3) is 2.62. The Morgan fingerprint density at radius 3 is 2.00 bits per heavy atom. The van der Waals surface area contributed by atoms with E-state index in [2.05, 4.69) is 39.6 Å². The van der Waals surface area contributed by atoms with Gasteiger partial charge in [-0.15, -0.1) is 0 Å². The average molecular weight is 280 g/mol. The van der Waals surface area contributed by atoms with Gasteiger partial charge in [0.05, 0.1) is 0 Å². The number of carbonyl (C=O) groups excluding carboxylic acids is 2. The van der Waals surface area contributed by atoms with E-state index in [1.807, 2.05) is 6.92 Å². The Hall–Kier alpha value is -0.900. The molecule has 20 heavy (non-hydrogen) atoms. The minimum absolute atomic E-state index is 0.0111. The molecule has 0 aromatic rings. The van der Waals surface area contributed by atoms with Gasteiger partial charge in [0.15, 0.2) is 0 Å². The summed E-state index contributed by atoms with van der Waals surface area (Å²) in [4.78, 5) is 28.0. The summed E-state index contributed by atoms with van der Waals surface area (Å²) in [7, 11) is 2.17. The predicted octanol–water partition coefficient (Wildman–Crippen LogP) is 2.28. The van der Waals surface area contributed by atoms with E-state index >= 15 is 0 Å². The van der Waals surface area contributed by atoms with Crippen molar-refractivity contribution in [3.05, 3.63) is 0 Å². The molecule has 0 aromatic heterocycles. The lowest BCUT2D eigenvalue weighted by Gasteiger charge is -2.54. The molecule has 2 aliphatic rings. The second-order valence-electron chi connectivity index (χ2n) is 7.91. The number of hydrogen-bond donors (Lipinski definition) is 0. The second-order valence-corrected chi connectivity index (χ2v) is 7.91. The van der Waals surface area contributed by atoms with Crippen molar-refractivity contribution in [2.24, 2.45) is 11.8 Å². The first-order valence-corrected chi connectivity index (χ1v) is 7.63. The van der Waals surface area contributed by atoms with Crippen molar-refractivity contribution in [1.82, 2.24) is 9.80 Å². The lowest BCUT2D eigenvalue weighted by atomic mass is 9.74. The number of carbonyl (C=O) groups is 2. The van der Waals surface area contributed by atoms with E-state index in [0.29, 0.717) is 18.9 Å². The Morgan fingerprint density at radius 1 is 1.10 bits per heavy atom. The number of amides is 2. The molecule has 2 amide bonds. The zero-order valence-electron chi connectivity index (χ0n) is 13.7. The normalized spacial score (nSPS) is 31.1. The Labute approximate surface area is 122 Å². The molecular formula is C16H28N2O2. The Bertz CT molecular complexity index is 410. The standard InChI is InChI=1S/C16H28N2O2/c1-11-7-13(19)18(14(11)20)10-12-8-15(2,3)17(6)16(4,5)9-12/h11-12H,7-10H2,1-6H3. The molecule has 1 unspecified atom stereocenters. The van der Waals surface area contributed by atoms with Crippen molar-refractivity contribution in [2.45, 2.75) is 65.0 Å². The summed E-state index contributed by atoms with van der Waals surface area (Å²) in [6.07, 6.45) is 2.44. The van der Waals surface area contributed by atoms with Crippen LogP contribution in [-0.2, 0) is 9.59 Å². The number of rotatable bonds is 2. The van der Waals surface area contributed by atoms with Crippen LogP contribution in [0.2, 0.25) is 0 Å². The fourth-order valence-corrected chi connectivity index (χ4v) is 4.01. The van der Waals surface area contributed by atoms with Crippen LogP contribution in [0, 0.1) is 11.8 Å². The summed E-state index contributed by atoms with van der Waals surface area (Å²) in [5, 5.41) is 0. The summed E-state index contributed by atoms with van der Waals surface area (Å²) in [6, 6.07) is 0. The lowest BCUT2D eigenvalue weighted by Crippen LogP contribution is -2.59. The highest BCUT2D eigenvalue weighted by molar-refractivity contribution is 6.03. The molecule has 2 fully saturated rings. The molecular weight excluding hydrogens is 252 g/mol. The highest BCUT2D eigenvalue weighted by atomic mass is 16.2. The molecule has 4 nitrogen and oxygen atoms in total. The van der Waals surface area contributed by atoms with Gasteiger partial charge in [0.25, 0.3) is 0 Å². The number of nitrogens with zero attached hydrogens (tertiary/aromatic N) is 2. The van der Waals surface area contributed by atoms with Crippen molar-refractivity contribution >= 4 is 11.8 Å². The summed E-state index contributed by atoms with van der Waals surface area (Å²) >= 11 is 0. The summed E-state index contributed by atoms with van der Waals surface area (Å²) in [6.45, 7) is 11.4. The zero-order chi connectivity index (χ0) is 15.3. The molecule has 0 N–H and O–H groups in total. The Kier molecular flexibility index (Phi) is 3.74. The molecule has 0 aromatic carbocycles. The number of likely N-dealkylation sites (tertiary alicyclic amines) is 2. The fraction of sp³-hybridized carbons (Fsp3) is 0.875. The van der Waals surface area contributed by atoms with Crippen molar-refractivity contribution < 1.29 is 9.59 Å². The van der Waals surface area contributed by atoms with E-state index in [4.69, 9.17) is 0 Å². The van der Waals surface area contributed by atoms with Gasteiger partial charge in [-0.05, 0) is 53.5 Å². The third-order valence-corrected chi connectivity index (χ3v) is 5.30. The van der Waals surface area contributed by atoms with E-state index in [1.165, 1.54) is 4.90 Å².